The highest BCUT2D eigenvalue weighted by Gasteiger charge is 2.35. The van der Waals surface area contributed by atoms with Gasteiger partial charge in [-0.25, -0.2) is 9.59 Å². The Morgan fingerprint density at radius 3 is 2.67 bits per heavy atom. The molecular formula is C23H29BrN2O6S. The molecule has 1 aromatic heterocycles. The minimum atomic E-state index is -0.605. The second kappa shape index (κ2) is 11.2. The van der Waals surface area contributed by atoms with Crippen LogP contribution in [-0.2, 0) is 20.8 Å². The number of fused-ring (bicyclic) bond motifs is 1. The van der Waals surface area contributed by atoms with Crippen molar-refractivity contribution >= 4 is 45.0 Å². The second-order valence-electron chi connectivity index (χ2n) is 8.45. The monoisotopic (exact) mass is 540 g/mol. The SMILES string of the molecule is COC(=O)c1sc(Br)c2c1N([C@H](CNC(=O)OC(C)(C)C)COCc1ccccc1)CCO2. The normalized spacial score (nSPS) is 14.2. The van der Waals surface area contributed by atoms with Gasteiger partial charge in [-0.3, -0.25) is 0 Å². The number of thiophene rings is 1. The lowest BCUT2D eigenvalue weighted by molar-refractivity contribution is 0.0505. The Balaban J connectivity index is 1.81. The summed E-state index contributed by atoms with van der Waals surface area (Å²) in [6.45, 7) is 7.40. The molecule has 0 unspecified atom stereocenters. The molecule has 2 heterocycles. The zero-order chi connectivity index (χ0) is 24.0. The van der Waals surface area contributed by atoms with Crippen molar-refractivity contribution < 1.29 is 28.5 Å². The quantitative estimate of drug-likeness (QED) is 0.489. The number of benzene rings is 1. The number of carbonyl (C=O) groups excluding carboxylic acids is 2. The van der Waals surface area contributed by atoms with E-state index in [1.54, 1.807) is 0 Å². The van der Waals surface area contributed by atoms with Crippen molar-refractivity contribution in [2.75, 3.05) is 38.3 Å². The Kier molecular flexibility index (Phi) is 8.61. The number of nitrogens with zero attached hydrogens (tertiary/aromatic N) is 1. The lowest BCUT2D eigenvalue weighted by atomic mass is 10.2. The number of nitrogens with one attached hydrogen (secondary N) is 1. The fourth-order valence-electron chi connectivity index (χ4n) is 3.38. The third kappa shape index (κ3) is 6.84. The first-order valence-electron chi connectivity index (χ1n) is 10.6. The van der Waals surface area contributed by atoms with Gasteiger partial charge in [-0.1, -0.05) is 30.3 Å². The molecule has 0 fully saturated rings. The smallest absolute Gasteiger partial charge is 0.407 e. The van der Waals surface area contributed by atoms with Crippen molar-refractivity contribution in [3.63, 3.8) is 0 Å². The molecule has 0 radical (unpaired) electrons. The molecule has 0 saturated heterocycles. The van der Waals surface area contributed by atoms with Crippen molar-refractivity contribution in [2.45, 2.75) is 39.0 Å². The van der Waals surface area contributed by atoms with Gasteiger partial charge in [-0.2, -0.15) is 0 Å². The van der Waals surface area contributed by atoms with Gasteiger partial charge in [0.05, 0.1) is 32.9 Å². The van der Waals surface area contributed by atoms with Gasteiger partial charge in [-0.05, 0) is 42.3 Å². The van der Waals surface area contributed by atoms with Crippen LogP contribution in [0, 0.1) is 0 Å². The number of halogens is 1. The fourth-order valence-corrected chi connectivity index (χ4v) is 5.07. The molecule has 33 heavy (non-hydrogen) atoms. The van der Waals surface area contributed by atoms with Gasteiger partial charge in [0, 0.05) is 6.54 Å². The van der Waals surface area contributed by atoms with E-state index in [0.717, 1.165) is 5.56 Å². The number of carbonyl (C=O) groups is 2. The van der Waals surface area contributed by atoms with Crippen molar-refractivity contribution in [1.82, 2.24) is 5.32 Å². The van der Waals surface area contributed by atoms with E-state index in [4.69, 9.17) is 18.9 Å². The maximum Gasteiger partial charge on any atom is 0.407 e. The molecule has 0 bridgehead atoms. The summed E-state index contributed by atoms with van der Waals surface area (Å²) in [4.78, 5) is 27.2. The number of anilines is 1. The third-order valence-electron chi connectivity index (χ3n) is 4.78. The zero-order valence-corrected chi connectivity index (χ0v) is 21.6. The van der Waals surface area contributed by atoms with Gasteiger partial charge < -0.3 is 29.2 Å². The molecule has 8 nitrogen and oxygen atoms in total. The van der Waals surface area contributed by atoms with E-state index in [0.29, 0.717) is 46.5 Å². The van der Waals surface area contributed by atoms with Crippen LogP contribution in [0.3, 0.4) is 0 Å². The Hall–Kier alpha value is -2.30. The summed E-state index contributed by atoms with van der Waals surface area (Å²) in [5.41, 5.74) is 1.09. The molecule has 1 atom stereocenters. The summed E-state index contributed by atoms with van der Waals surface area (Å²) in [5, 5.41) is 2.84. The molecule has 1 amide bonds. The van der Waals surface area contributed by atoms with Crippen LogP contribution in [0.15, 0.2) is 34.1 Å². The summed E-state index contributed by atoms with van der Waals surface area (Å²) in [6, 6.07) is 9.58. The zero-order valence-electron chi connectivity index (χ0n) is 19.2. The van der Waals surface area contributed by atoms with Crippen molar-refractivity contribution in [2.24, 2.45) is 0 Å². The first-order valence-corrected chi connectivity index (χ1v) is 12.2. The first-order chi connectivity index (χ1) is 15.7. The van der Waals surface area contributed by atoms with E-state index in [2.05, 4.69) is 21.2 Å². The number of esters is 1. The molecule has 180 valence electrons. The van der Waals surface area contributed by atoms with Crippen molar-refractivity contribution in [3.8, 4) is 5.75 Å². The Bertz CT molecular complexity index is 960. The van der Waals surface area contributed by atoms with Gasteiger partial charge in [-0.15, -0.1) is 11.3 Å². The van der Waals surface area contributed by atoms with E-state index < -0.39 is 17.7 Å². The summed E-state index contributed by atoms with van der Waals surface area (Å²) in [6.07, 6.45) is -0.510. The number of hydrogen-bond donors (Lipinski definition) is 1. The van der Waals surface area contributed by atoms with Crippen LogP contribution >= 0.6 is 27.3 Å². The molecule has 0 aliphatic carbocycles. The largest absolute Gasteiger partial charge is 0.487 e. The van der Waals surface area contributed by atoms with E-state index in [9.17, 15) is 9.59 Å². The molecule has 0 saturated carbocycles. The summed E-state index contributed by atoms with van der Waals surface area (Å²) >= 11 is 4.75. The van der Waals surface area contributed by atoms with Crippen LogP contribution in [-0.4, -0.2) is 57.1 Å². The molecule has 1 N–H and O–H groups in total. The van der Waals surface area contributed by atoms with Crippen LogP contribution in [0.1, 0.15) is 36.0 Å². The Morgan fingerprint density at radius 2 is 2.00 bits per heavy atom. The third-order valence-corrected chi connectivity index (χ3v) is 6.55. The van der Waals surface area contributed by atoms with E-state index >= 15 is 0 Å². The molecule has 1 aliphatic rings. The first kappa shape index (κ1) is 25.3. The van der Waals surface area contributed by atoms with Crippen LogP contribution in [0.5, 0.6) is 5.75 Å². The molecular weight excluding hydrogens is 512 g/mol. The van der Waals surface area contributed by atoms with E-state index in [1.807, 2.05) is 56.0 Å². The van der Waals surface area contributed by atoms with Gasteiger partial charge in [0.2, 0.25) is 0 Å². The summed E-state index contributed by atoms with van der Waals surface area (Å²) < 4.78 is 22.9. The predicted octanol–water partition coefficient (Wildman–Crippen LogP) is 4.61. The lowest BCUT2D eigenvalue weighted by Gasteiger charge is -2.37. The van der Waals surface area contributed by atoms with Crippen LogP contribution in [0.2, 0.25) is 0 Å². The van der Waals surface area contributed by atoms with E-state index in [-0.39, 0.29) is 12.6 Å². The maximum absolute atomic E-state index is 12.5. The highest BCUT2D eigenvalue weighted by molar-refractivity contribution is 9.11. The second-order valence-corrected chi connectivity index (χ2v) is 10.8. The summed E-state index contributed by atoms with van der Waals surface area (Å²) in [5.74, 6) is 0.151. The lowest BCUT2D eigenvalue weighted by Crippen LogP contribution is -2.50. The molecule has 2 aromatic rings. The highest BCUT2D eigenvalue weighted by Crippen LogP contribution is 2.48. The summed E-state index contributed by atoms with van der Waals surface area (Å²) in [7, 11) is 1.35. The molecule has 10 heteroatoms. The van der Waals surface area contributed by atoms with Crippen molar-refractivity contribution in [1.29, 1.82) is 0 Å². The number of rotatable bonds is 8. The average Bonchev–Trinajstić information content (AvgIpc) is 3.12. The predicted molar refractivity (Wildman–Crippen MR) is 130 cm³/mol. The molecule has 1 aliphatic heterocycles. The molecule has 1 aromatic carbocycles. The van der Waals surface area contributed by atoms with Gasteiger partial charge >= 0.3 is 12.1 Å². The Morgan fingerprint density at radius 1 is 1.27 bits per heavy atom. The average molecular weight is 541 g/mol. The highest BCUT2D eigenvalue weighted by atomic mass is 79.9. The number of alkyl carbamates (subject to hydrolysis) is 1. The fraction of sp³-hybridized carbons (Fsp3) is 0.478. The van der Waals surface area contributed by atoms with Gasteiger partial charge in [0.15, 0.2) is 5.75 Å². The minimum Gasteiger partial charge on any atom is -0.487 e. The van der Waals surface area contributed by atoms with E-state index in [1.165, 1.54) is 18.4 Å². The molecule has 3 rings (SSSR count). The number of methoxy groups -OCH3 is 1. The number of ether oxygens (including phenoxy) is 4. The topological polar surface area (TPSA) is 86.3 Å². The standard InChI is InChI=1S/C23H29BrN2O6S/c1-23(2,3)32-22(28)25-12-16(14-30-13-15-8-6-5-7-9-15)26-10-11-31-18-17(26)19(21(27)29-4)33-20(18)24/h5-9,16H,10-14H2,1-4H3,(H,25,28)/t16-/m1/s1. The van der Waals surface area contributed by atoms with Crippen LogP contribution in [0.4, 0.5) is 10.5 Å². The Labute approximate surface area is 206 Å². The van der Waals surface area contributed by atoms with Crippen LogP contribution < -0.4 is 15.0 Å². The number of amides is 1. The van der Waals surface area contributed by atoms with Crippen LogP contribution in [0.25, 0.3) is 0 Å². The minimum absolute atomic E-state index is 0.261. The number of hydrogen-bond acceptors (Lipinski definition) is 8. The van der Waals surface area contributed by atoms with Crippen molar-refractivity contribution in [3.05, 3.63) is 44.6 Å². The molecule has 0 spiro atoms. The maximum atomic E-state index is 12.5. The van der Waals surface area contributed by atoms with Gasteiger partial charge in [0.25, 0.3) is 0 Å². The van der Waals surface area contributed by atoms with Gasteiger partial charge in [0.1, 0.15) is 26.6 Å².